The molecule has 2 aromatic carbocycles. The third-order valence-electron chi connectivity index (χ3n) is 10.9. The Morgan fingerprint density at radius 2 is 1.59 bits per heavy atom. The molecule has 6 rings (SSSR count). The Balaban J connectivity index is 1.13. The molecular formula is C39H51N5O4S. The maximum absolute atomic E-state index is 14.1. The summed E-state index contributed by atoms with van der Waals surface area (Å²) in [6.07, 6.45) is 10.4. The van der Waals surface area contributed by atoms with E-state index in [0.717, 1.165) is 67.0 Å². The van der Waals surface area contributed by atoms with Crippen LogP contribution in [-0.2, 0) is 20.8 Å². The summed E-state index contributed by atoms with van der Waals surface area (Å²) in [7, 11) is 4.17. The van der Waals surface area contributed by atoms with E-state index in [-0.39, 0.29) is 41.6 Å². The summed E-state index contributed by atoms with van der Waals surface area (Å²) in [5.74, 6) is -0.910. The molecule has 10 heteroatoms. The Bertz CT molecular complexity index is 1580. The molecule has 0 aliphatic heterocycles. The topological polar surface area (TPSA) is 120 Å². The highest BCUT2D eigenvalue weighted by molar-refractivity contribution is 7.20. The van der Waals surface area contributed by atoms with E-state index >= 15 is 0 Å². The molecule has 1 heterocycles. The van der Waals surface area contributed by atoms with Crippen LogP contribution >= 0.6 is 11.3 Å². The maximum Gasteiger partial charge on any atom is 0.262 e. The summed E-state index contributed by atoms with van der Waals surface area (Å²) >= 11 is 1.41. The van der Waals surface area contributed by atoms with E-state index in [1.807, 2.05) is 60.7 Å². The molecule has 0 radical (unpaired) electrons. The van der Waals surface area contributed by atoms with E-state index in [1.165, 1.54) is 17.8 Å². The Hall–Kier alpha value is -3.76. The molecule has 0 unspecified atom stereocenters. The second-order valence-electron chi connectivity index (χ2n) is 14.6. The fourth-order valence-corrected chi connectivity index (χ4v) is 9.13. The van der Waals surface area contributed by atoms with E-state index in [1.54, 1.807) is 0 Å². The Kier molecular flexibility index (Phi) is 11.3. The molecule has 9 nitrogen and oxygen atoms in total. The molecule has 3 aliphatic rings. The zero-order valence-electron chi connectivity index (χ0n) is 28.8. The summed E-state index contributed by atoms with van der Waals surface area (Å²) in [5.41, 5.74) is -0.151. The first kappa shape index (κ1) is 35.1. The molecule has 5 atom stereocenters. The van der Waals surface area contributed by atoms with Crippen LogP contribution in [0.2, 0.25) is 0 Å². The van der Waals surface area contributed by atoms with Crippen LogP contribution < -0.4 is 21.3 Å². The lowest BCUT2D eigenvalue weighted by molar-refractivity contribution is -0.133. The van der Waals surface area contributed by atoms with Crippen molar-refractivity contribution in [3.05, 3.63) is 71.1 Å². The average Bonchev–Trinajstić information content (AvgIpc) is 3.77. The summed E-state index contributed by atoms with van der Waals surface area (Å²) in [6.45, 7) is 0. The number of nitrogens with one attached hydrogen (secondary N) is 4. The lowest BCUT2D eigenvalue weighted by Crippen LogP contribution is -2.61. The molecular weight excluding hydrogens is 635 g/mol. The number of thiophene rings is 1. The molecule has 262 valence electrons. The van der Waals surface area contributed by atoms with Gasteiger partial charge in [-0.2, -0.15) is 0 Å². The van der Waals surface area contributed by atoms with Crippen LogP contribution in [0.5, 0.6) is 0 Å². The number of carbonyl (C=O) groups is 4. The summed E-state index contributed by atoms with van der Waals surface area (Å²) in [4.78, 5) is 57.9. The van der Waals surface area contributed by atoms with Crippen molar-refractivity contribution < 1.29 is 19.2 Å². The van der Waals surface area contributed by atoms with E-state index in [9.17, 15) is 19.2 Å². The van der Waals surface area contributed by atoms with Gasteiger partial charge in [0, 0.05) is 35.2 Å². The SMILES string of the molecule is CN(C)[C@H]1CCCC[C@H]1NC(=O)[C@@H]1CCC[C@H](NC(=O)[C@@H](Cc2ccccc2)NC(=O)C2(NC(=O)c3cc4ccccc4s3)CCCC2)C1. The quantitative estimate of drug-likeness (QED) is 0.218. The van der Waals surface area contributed by atoms with Crippen LogP contribution in [0.4, 0.5) is 0 Å². The first-order valence-corrected chi connectivity index (χ1v) is 19.0. The van der Waals surface area contributed by atoms with Gasteiger partial charge in [0.05, 0.1) is 4.88 Å². The van der Waals surface area contributed by atoms with Crippen LogP contribution in [0, 0.1) is 5.92 Å². The summed E-state index contributed by atoms with van der Waals surface area (Å²) in [6, 6.07) is 18.9. The number of rotatable bonds is 11. The van der Waals surface area contributed by atoms with E-state index < -0.39 is 11.6 Å². The Morgan fingerprint density at radius 3 is 2.35 bits per heavy atom. The zero-order valence-corrected chi connectivity index (χ0v) is 29.7. The van der Waals surface area contributed by atoms with Gasteiger partial charge in [-0.15, -0.1) is 11.3 Å². The van der Waals surface area contributed by atoms with Crippen molar-refractivity contribution in [1.29, 1.82) is 0 Å². The Labute approximate surface area is 294 Å². The highest BCUT2D eigenvalue weighted by Gasteiger charge is 2.44. The van der Waals surface area contributed by atoms with E-state index in [2.05, 4.69) is 40.3 Å². The summed E-state index contributed by atoms with van der Waals surface area (Å²) in [5, 5.41) is 13.8. The fraction of sp³-hybridized carbons (Fsp3) is 0.538. The molecule has 1 aromatic heterocycles. The molecule has 0 saturated heterocycles. The number of amides is 4. The molecule has 3 fully saturated rings. The van der Waals surface area contributed by atoms with Crippen molar-refractivity contribution in [1.82, 2.24) is 26.2 Å². The third-order valence-corrected chi connectivity index (χ3v) is 12.0. The number of nitrogens with zero attached hydrogens (tertiary/aromatic N) is 1. The smallest absolute Gasteiger partial charge is 0.262 e. The monoisotopic (exact) mass is 685 g/mol. The van der Waals surface area contributed by atoms with Gasteiger partial charge in [0.2, 0.25) is 17.7 Å². The van der Waals surface area contributed by atoms with Crippen molar-refractivity contribution in [2.75, 3.05) is 14.1 Å². The zero-order chi connectivity index (χ0) is 34.4. The molecule has 3 aliphatic carbocycles. The lowest BCUT2D eigenvalue weighted by Gasteiger charge is -2.38. The van der Waals surface area contributed by atoms with E-state index in [4.69, 9.17) is 0 Å². The number of fused-ring (bicyclic) bond motifs is 1. The van der Waals surface area contributed by atoms with Crippen molar-refractivity contribution >= 4 is 45.1 Å². The van der Waals surface area contributed by atoms with Crippen LogP contribution in [-0.4, -0.2) is 72.3 Å². The minimum Gasteiger partial charge on any atom is -0.352 e. The predicted molar refractivity (Wildman–Crippen MR) is 194 cm³/mol. The normalized spacial score (nSPS) is 24.2. The fourth-order valence-electron chi connectivity index (χ4n) is 8.17. The molecule has 49 heavy (non-hydrogen) atoms. The number of hydrogen-bond donors (Lipinski definition) is 4. The van der Waals surface area contributed by atoms with Gasteiger partial charge in [0.1, 0.15) is 11.6 Å². The van der Waals surface area contributed by atoms with Crippen molar-refractivity contribution in [2.24, 2.45) is 5.92 Å². The van der Waals surface area contributed by atoms with Gasteiger partial charge in [-0.1, -0.05) is 80.6 Å². The third kappa shape index (κ3) is 8.52. The van der Waals surface area contributed by atoms with Crippen LogP contribution in [0.1, 0.15) is 92.3 Å². The van der Waals surface area contributed by atoms with Crippen molar-refractivity contribution in [3.8, 4) is 0 Å². The van der Waals surface area contributed by atoms with Gasteiger partial charge >= 0.3 is 0 Å². The number of likely N-dealkylation sites (N-methyl/N-ethyl adjacent to an activating group) is 1. The number of hydrogen-bond acceptors (Lipinski definition) is 6. The van der Waals surface area contributed by atoms with Gasteiger partial charge < -0.3 is 26.2 Å². The van der Waals surface area contributed by atoms with Crippen LogP contribution in [0.3, 0.4) is 0 Å². The van der Waals surface area contributed by atoms with Crippen molar-refractivity contribution in [2.45, 2.75) is 113 Å². The van der Waals surface area contributed by atoms with Gasteiger partial charge in [-0.25, -0.2) is 0 Å². The predicted octanol–water partition coefficient (Wildman–Crippen LogP) is 5.34. The van der Waals surface area contributed by atoms with Gasteiger partial charge in [-0.3, -0.25) is 19.2 Å². The lowest BCUT2D eigenvalue weighted by atomic mass is 9.83. The molecule has 4 N–H and O–H groups in total. The first-order valence-electron chi connectivity index (χ1n) is 18.1. The minimum absolute atomic E-state index is 0.0874. The average molecular weight is 686 g/mol. The molecule has 3 saturated carbocycles. The molecule has 0 bridgehead atoms. The molecule has 3 aromatic rings. The second-order valence-corrected chi connectivity index (χ2v) is 15.7. The Morgan fingerprint density at radius 1 is 0.857 bits per heavy atom. The number of benzene rings is 2. The second kappa shape index (κ2) is 15.9. The minimum atomic E-state index is -1.08. The van der Waals surface area contributed by atoms with Crippen LogP contribution in [0.15, 0.2) is 60.7 Å². The van der Waals surface area contributed by atoms with Crippen LogP contribution in [0.25, 0.3) is 10.1 Å². The number of carbonyl (C=O) groups excluding carboxylic acids is 4. The standard InChI is InChI=1S/C39H51N5O4S/c1-44(2)32-19-8-7-18-30(32)41-35(45)28-16-12-17-29(24-28)40-36(46)31(23-26-13-4-3-5-14-26)42-38(48)39(21-10-11-22-39)43-37(47)34-25-27-15-6-9-20-33(27)49-34/h3-6,9,13-15,20,25,28-32H,7-8,10-12,16-19,21-24H2,1-2H3,(H,40,46)(H,41,45)(H,42,48)(H,43,47)/t28-,29+,30-,31-,32+/m1/s1. The molecule has 4 amide bonds. The highest BCUT2D eigenvalue weighted by atomic mass is 32.1. The molecule has 0 spiro atoms. The maximum atomic E-state index is 14.1. The summed E-state index contributed by atoms with van der Waals surface area (Å²) < 4.78 is 1.02. The largest absolute Gasteiger partial charge is 0.352 e. The van der Waals surface area contributed by atoms with E-state index in [0.29, 0.717) is 36.6 Å². The van der Waals surface area contributed by atoms with Gasteiger partial charge in [-0.05, 0) is 82.1 Å². The van der Waals surface area contributed by atoms with Gasteiger partial charge in [0.15, 0.2) is 0 Å². The highest BCUT2D eigenvalue weighted by Crippen LogP contribution is 2.33. The van der Waals surface area contributed by atoms with Gasteiger partial charge in [0.25, 0.3) is 5.91 Å². The van der Waals surface area contributed by atoms with Crippen molar-refractivity contribution in [3.63, 3.8) is 0 Å². The first-order chi connectivity index (χ1) is 23.7.